The van der Waals surface area contributed by atoms with E-state index < -0.39 is 6.43 Å². The standard InChI is InChI=1S/C16H23F2N5O/c1-5-12(6-2)23-14(7-10(3)20-23)19-15(24)9-22-11(4)8-13(21-22)16(17)18/h7-8,12,16H,5-6,9H2,1-4H3,(H,19,24). The van der Waals surface area contributed by atoms with Crippen molar-refractivity contribution >= 4 is 11.7 Å². The van der Waals surface area contributed by atoms with Crippen molar-refractivity contribution in [3.8, 4) is 0 Å². The van der Waals surface area contributed by atoms with Crippen LogP contribution in [0.5, 0.6) is 0 Å². The molecule has 0 aliphatic rings. The van der Waals surface area contributed by atoms with Crippen molar-refractivity contribution in [3.05, 3.63) is 29.2 Å². The van der Waals surface area contributed by atoms with Crippen LogP contribution in [0.3, 0.4) is 0 Å². The van der Waals surface area contributed by atoms with Crippen LogP contribution in [0.4, 0.5) is 14.6 Å². The molecule has 2 heterocycles. The van der Waals surface area contributed by atoms with E-state index in [1.165, 1.54) is 10.7 Å². The third-order valence-corrected chi connectivity index (χ3v) is 3.93. The van der Waals surface area contributed by atoms with E-state index in [0.29, 0.717) is 11.5 Å². The molecule has 0 spiro atoms. The van der Waals surface area contributed by atoms with E-state index in [1.54, 1.807) is 13.0 Å². The van der Waals surface area contributed by atoms with Gasteiger partial charge in [0, 0.05) is 11.8 Å². The van der Waals surface area contributed by atoms with Gasteiger partial charge in [0.2, 0.25) is 5.91 Å². The first kappa shape index (κ1) is 18.1. The van der Waals surface area contributed by atoms with Crippen molar-refractivity contribution in [2.45, 2.75) is 59.5 Å². The van der Waals surface area contributed by atoms with Crippen LogP contribution in [0.15, 0.2) is 12.1 Å². The first-order chi connectivity index (χ1) is 11.3. The van der Waals surface area contributed by atoms with Crippen LogP contribution >= 0.6 is 0 Å². The molecule has 0 atom stereocenters. The van der Waals surface area contributed by atoms with Gasteiger partial charge in [0.05, 0.1) is 11.7 Å². The number of nitrogens with one attached hydrogen (secondary N) is 1. The lowest BCUT2D eigenvalue weighted by Gasteiger charge is -2.17. The minimum Gasteiger partial charge on any atom is -0.309 e. The van der Waals surface area contributed by atoms with Crippen molar-refractivity contribution < 1.29 is 13.6 Å². The first-order valence-electron chi connectivity index (χ1n) is 8.04. The van der Waals surface area contributed by atoms with E-state index in [0.717, 1.165) is 18.5 Å². The van der Waals surface area contributed by atoms with Gasteiger partial charge >= 0.3 is 0 Å². The summed E-state index contributed by atoms with van der Waals surface area (Å²) >= 11 is 0. The lowest BCUT2D eigenvalue weighted by atomic mass is 10.2. The molecule has 24 heavy (non-hydrogen) atoms. The molecular formula is C16H23F2N5O. The molecule has 1 N–H and O–H groups in total. The fourth-order valence-electron chi connectivity index (χ4n) is 2.64. The fraction of sp³-hybridized carbons (Fsp3) is 0.562. The number of nitrogens with zero attached hydrogens (tertiary/aromatic N) is 4. The van der Waals surface area contributed by atoms with Crippen LogP contribution in [-0.2, 0) is 11.3 Å². The molecule has 1 amide bonds. The molecule has 0 aromatic carbocycles. The summed E-state index contributed by atoms with van der Waals surface area (Å²) in [6.45, 7) is 7.52. The number of anilines is 1. The maximum absolute atomic E-state index is 12.7. The summed E-state index contributed by atoms with van der Waals surface area (Å²) in [6.07, 6.45) is -0.848. The van der Waals surface area contributed by atoms with Gasteiger partial charge in [-0.3, -0.25) is 9.48 Å². The molecule has 0 saturated heterocycles. The minimum absolute atomic E-state index is 0.119. The van der Waals surface area contributed by atoms with E-state index in [4.69, 9.17) is 0 Å². The van der Waals surface area contributed by atoms with Gasteiger partial charge in [-0.2, -0.15) is 10.2 Å². The number of alkyl halides is 2. The zero-order valence-electron chi connectivity index (χ0n) is 14.4. The second-order valence-electron chi connectivity index (χ2n) is 5.80. The highest BCUT2D eigenvalue weighted by Gasteiger charge is 2.18. The van der Waals surface area contributed by atoms with Gasteiger partial charge in [-0.05, 0) is 32.8 Å². The second-order valence-corrected chi connectivity index (χ2v) is 5.80. The molecule has 0 aliphatic carbocycles. The summed E-state index contributed by atoms with van der Waals surface area (Å²) in [5.74, 6) is 0.291. The summed E-state index contributed by atoms with van der Waals surface area (Å²) in [4.78, 5) is 12.3. The highest BCUT2D eigenvalue weighted by atomic mass is 19.3. The third-order valence-electron chi connectivity index (χ3n) is 3.93. The van der Waals surface area contributed by atoms with Crippen LogP contribution in [0.1, 0.15) is 56.2 Å². The van der Waals surface area contributed by atoms with E-state index in [-0.39, 0.29) is 24.2 Å². The van der Waals surface area contributed by atoms with Crippen molar-refractivity contribution in [1.82, 2.24) is 19.6 Å². The van der Waals surface area contributed by atoms with Crippen LogP contribution in [0.25, 0.3) is 0 Å². The quantitative estimate of drug-likeness (QED) is 0.838. The lowest BCUT2D eigenvalue weighted by molar-refractivity contribution is -0.117. The average molecular weight is 339 g/mol. The largest absolute Gasteiger partial charge is 0.309 e. The van der Waals surface area contributed by atoms with Gasteiger partial charge in [0.15, 0.2) is 0 Å². The Labute approximate surface area is 139 Å². The molecule has 2 rings (SSSR count). The van der Waals surface area contributed by atoms with Gasteiger partial charge in [-0.15, -0.1) is 0 Å². The number of hydrogen-bond donors (Lipinski definition) is 1. The number of carbonyl (C=O) groups excluding carboxylic acids is 1. The molecule has 0 unspecified atom stereocenters. The molecule has 8 heteroatoms. The molecule has 2 aromatic rings. The lowest BCUT2D eigenvalue weighted by Crippen LogP contribution is -2.23. The Kier molecular flexibility index (Phi) is 5.69. The number of aryl methyl sites for hydroxylation is 2. The van der Waals surface area contributed by atoms with Crippen LogP contribution in [-0.4, -0.2) is 25.5 Å². The van der Waals surface area contributed by atoms with Crippen LogP contribution < -0.4 is 5.32 Å². The summed E-state index contributed by atoms with van der Waals surface area (Å²) < 4.78 is 28.5. The fourth-order valence-corrected chi connectivity index (χ4v) is 2.64. The van der Waals surface area contributed by atoms with Gasteiger partial charge < -0.3 is 5.32 Å². The Morgan fingerprint density at radius 2 is 1.88 bits per heavy atom. The molecule has 2 aromatic heterocycles. The number of aromatic nitrogens is 4. The zero-order chi connectivity index (χ0) is 17.9. The second kappa shape index (κ2) is 7.55. The number of amides is 1. The van der Waals surface area contributed by atoms with Crippen molar-refractivity contribution in [2.75, 3.05) is 5.32 Å². The van der Waals surface area contributed by atoms with Gasteiger partial charge in [-0.1, -0.05) is 13.8 Å². The third kappa shape index (κ3) is 3.98. The number of rotatable bonds is 7. The molecule has 0 fully saturated rings. The highest BCUT2D eigenvalue weighted by Crippen LogP contribution is 2.22. The van der Waals surface area contributed by atoms with Crippen molar-refractivity contribution in [3.63, 3.8) is 0 Å². The summed E-state index contributed by atoms with van der Waals surface area (Å²) in [7, 11) is 0. The summed E-state index contributed by atoms with van der Waals surface area (Å²) in [5, 5.41) is 11.0. The van der Waals surface area contributed by atoms with E-state index in [9.17, 15) is 13.6 Å². The molecular weight excluding hydrogens is 316 g/mol. The minimum atomic E-state index is -2.65. The predicted molar refractivity (Wildman–Crippen MR) is 87.1 cm³/mol. The summed E-state index contributed by atoms with van der Waals surface area (Å²) in [5.41, 5.74) is 1.01. The number of hydrogen-bond acceptors (Lipinski definition) is 3. The van der Waals surface area contributed by atoms with Crippen LogP contribution in [0, 0.1) is 13.8 Å². The molecule has 6 nitrogen and oxygen atoms in total. The monoisotopic (exact) mass is 339 g/mol. The Balaban J connectivity index is 2.13. The van der Waals surface area contributed by atoms with Crippen LogP contribution in [0.2, 0.25) is 0 Å². The maximum atomic E-state index is 12.7. The average Bonchev–Trinajstić information content (AvgIpc) is 3.04. The Hall–Kier alpha value is -2.25. The first-order valence-corrected chi connectivity index (χ1v) is 8.04. The Morgan fingerprint density at radius 1 is 1.21 bits per heavy atom. The van der Waals surface area contributed by atoms with Gasteiger partial charge in [-0.25, -0.2) is 13.5 Å². The normalized spacial score (nSPS) is 11.5. The molecule has 132 valence electrons. The summed E-state index contributed by atoms with van der Waals surface area (Å²) in [6, 6.07) is 3.29. The Morgan fingerprint density at radius 3 is 2.42 bits per heavy atom. The van der Waals surface area contributed by atoms with Gasteiger partial charge in [0.1, 0.15) is 18.1 Å². The predicted octanol–water partition coefficient (Wildman–Crippen LogP) is 3.63. The molecule has 0 aliphatic heterocycles. The smallest absolute Gasteiger partial charge is 0.282 e. The maximum Gasteiger partial charge on any atom is 0.282 e. The molecule has 0 bridgehead atoms. The highest BCUT2D eigenvalue weighted by molar-refractivity contribution is 5.89. The van der Waals surface area contributed by atoms with Gasteiger partial charge in [0.25, 0.3) is 6.43 Å². The van der Waals surface area contributed by atoms with E-state index in [1.807, 2.05) is 11.6 Å². The molecule has 0 radical (unpaired) electrons. The number of halogens is 2. The van der Waals surface area contributed by atoms with E-state index in [2.05, 4.69) is 29.4 Å². The van der Waals surface area contributed by atoms with Crippen molar-refractivity contribution in [1.29, 1.82) is 0 Å². The SMILES string of the molecule is CCC(CC)n1nc(C)cc1NC(=O)Cn1nc(C(F)F)cc1C. The number of carbonyl (C=O) groups is 1. The van der Waals surface area contributed by atoms with E-state index >= 15 is 0 Å². The van der Waals surface area contributed by atoms with Crippen molar-refractivity contribution in [2.24, 2.45) is 0 Å². The topological polar surface area (TPSA) is 64.7 Å². The molecule has 0 saturated carbocycles. The Bertz CT molecular complexity index is 703. The zero-order valence-corrected chi connectivity index (χ0v) is 14.4.